The minimum Gasteiger partial charge on any atom is -0.494 e. The monoisotopic (exact) mass is 313 g/mol. The molecule has 22 heavy (non-hydrogen) atoms. The largest absolute Gasteiger partial charge is 0.494 e. The highest BCUT2D eigenvalue weighted by molar-refractivity contribution is 7.80. The first-order chi connectivity index (χ1) is 10.8. The van der Waals surface area contributed by atoms with E-state index in [4.69, 9.17) is 17.0 Å². The van der Waals surface area contributed by atoms with E-state index in [0.29, 0.717) is 18.3 Å². The molecule has 2 N–H and O–H groups in total. The van der Waals surface area contributed by atoms with Crippen LogP contribution in [0, 0.1) is 0 Å². The maximum atomic E-state index is 5.39. The van der Waals surface area contributed by atoms with E-state index in [1.807, 2.05) is 61.5 Å². The van der Waals surface area contributed by atoms with Crippen LogP contribution < -0.4 is 15.5 Å². The van der Waals surface area contributed by atoms with Gasteiger partial charge in [-0.15, -0.1) is 0 Å². The Bertz CT molecular complexity index is 612. The van der Waals surface area contributed by atoms with E-state index in [2.05, 4.69) is 15.8 Å². The molecule has 0 spiro atoms. The summed E-state index contributed by atoms with van der Waals surface area (Å²) in [5, 5.41) is 7.70. The molecular formula is C17H19N3OS. The molecule has 0 aromatic heterocycles. The predicted octanol–water partition coefficient (Wildman–Crippen LogP) is 3.08. The van der Waals surface area contributed by atoms with Crippen molar-refractivity contribution < 1.29 is 4.74 Å². The van der Waals surface area contributed by atoms with Crippen LogP contribution in [0.1, 0.15) is 18.1 Å². The zero-order valence-corrected chi connectivity index (χ0v) is 13.3. The number of nitrogens with zero attached hydrogens (tertiary/aromatic N) is 1. The van der Waals surface area contributed by atoms with Gasteiger partial charge in [0.15, 0.2) is 5.11 Å². The van der Waals surface area contributed by atoms with E-state index in [1.54, 1.807) is 6.21 Å². The molecule has 0 radical (unpaired) electrons. The van der Waals surface area contributed by atoms with Crippen molar-refractivity contribution in [1.29, 1.82) is 0 Å². The molecule has 2 rings (SSSR count). The number of nitrogens with one attached hydrogen (secondary N) is 2. The maximum Gasteiger partial charge on any atom is 0.187 e. The minimum absolute atomic E-state index is 0.492. The second-order valence-corrected chi connectivity index (χ2v) is 4.95. The van der Waals surface area contributed by atoms with Crippen molar-refractivity contribution in [3.8, 4) is 5.75 Å². The summed E-state index contributed by atoms with van der Waals surface area (Å²) >= 11 is 5.17. The van der Waals surface area contributed by atoms with Crippen molar-refractivity contribution >= 4 is 23.5 Å². The van der Waals surface area contributed by atoms with Crippen LogP contribution in [0.4, 0.5) is 0 Å². The molecule has 0 bridgehead atoms. The lowest BCUT2D eigenvalue weighted by Gasteiger charge is -2.06. The molecule has 114 valence electrons. The van der Waals surface area contributed by atoms with Gasteiger partial charge in [0.1, 0.15) is 5.75 Å². The fourth-order valence-corrected chi connectivity index (χ4v) is 1.92. The first kappa shape index (κ1) is 16.0. The third-order valence-corrected chi connectivity index (χ3v) is 3.10. The van der Waals surface area contributed by atoms with E-state index in [0.717, 1.165) is 11.3 Å². The minimum atomic E-state index is 0.492. The van der Waals surface area contributed by atoms with Crippen LogP contribution in [0.2, 0.25) is 0 Å². The Morgan fingerprint density at radius 2 is 1.86 bits per heavy atom. The summed E-state index contributed by atoms with van der Waals surface area (Å²) in [7, 11) is 0. The number of hydrogen-bond acceptors (Lipinski definition) is 3. The van der Waals surface area contributed by atoms with Crippen molar-refractivity contribution in [2.45, 2.75) is 13.5 Å². The number of ether oxygens (including phenoxy) is 1. The summed E-state index contributed by atoms with van der Waals surface area (Å²) in [5.74, 6) is 0.854. The first-order valence-electron chi connectivity index (χ1n) is 7.11. The topological polar surface area (TPSA) is 45.6 Å². The van der Waals surface area contributed by atoms with Gasteiger partial charge >= 0.3 is 0 Å². The molecule has 0 amide bonds. The Morgan fingerprint density at radius 3 is 2.55 bits per heavy atom. The van der Waals surface area contributed by atoms with E-state index in [9.17, 15) is 0 Å². The fraction of sp³-hybridized carbons (Fsp3) is 0.176. The first-order valence-corrected chi connectivity index (χ1v) is 7.52. The highest BCUT2D eigenvalue weighted by atomic mass is 32.1. The highest BCUT2D eigenvalue weighted by Gasteiger charge is 1.95. The molecule has 0 saturated heterocycles. The maximum absolute atomic E-state index is 5.39. The Balaban J connectivity index is 1.75. The smallest absolute Gasteiger partial charge is 0.187 e. The molecule has 4 nitrogen and oxygen atoms in total. The zero-order chi connectivity index (χ0) is 15.6. The molecule has 0 aliphatic heterocycles. The van der Waals surface area contributed by atoms with Gasteiger partial charge in [0.25, 0.3) is 0 Å². The van der Waals surface area contributed by atoms with E-state index < -0.39 is 0 Å². The molecule has 2 aromatic carbocycles. The fourth-order valence-electron chi connectivity index (χ4n) is 1.80. The SMILES string of the molecule is CCOc1ccc(C=NNC(=S)NCc2ccccc2)cc1. The second-order valence-electron chi connectivity index (χ2n) is 4.54. The van der Waals surface area contributed by atoms with Gasteiger partial charge in [0.2, 0.25) is 0 Å². The number of rotatable bonds is 6. The average Bonchev–Trinajstić information content (AvgIpc) is 2.56. The van der Waals surface area contributed by atoms with Crippen molar-refractivity contribution in [2.75, 3.05) is 6.61 Å². The number of hydrogen-bond donors (Lipinski definition) is 2. The van der Waals surface area contributed by atoms with Gasteiger partial charge in [0.05, 0.1) is 12.8 Å². The lowest BCUT2D eigenvalue weighted by molar-refractivity contribution is 0.340. The Morgan fingerprint density at radius 1 is 1.14 bits per heavy atom. The summed E-state index contributed by atoms with van der Waals surface area (Å²) in [6.45, 7) is 3.30. The molecule has 2 aromatic rings. The van der Waals surface area contributed by atoms with Crippen molar-refractivity contribution in [1.82, 2.24) is 10.7 Å². The molecule has 0 fully saturated rings. The average molecular weight is 313 g/mol. The standard InChI is InChI=1S/C17H19N3OS/c1-2-21-16-10-8-15(9-11-16)13-19-20-17(22)18-12-14-6-4-3-5-7-14/h3-11,13H,2,12H2,1H3,(H2,18,20,22). The van der Waals surface area contributed by atoms with Gasteiger partial charge in [-0.25, -0.2) is 0 Å². The van der Waals surface area contributed by atoms with Crippen LogP contribution in [-0.2, 0) is 6.54 Å². The van der Waals surface area contributed by atoms with Crippen molar-refractivity contribution in [3.63, 3.8) is 0 Å². The van der Waals surface area contributed by atoms with Crippen LogP contribution in [0.25, 0.3) is 0 Å². The van der Waals surface area contributed by atoms with Crippen LogP contribution >= 0.6 is 12.2 Å². The van der Waals surface area contributed by atoms with Gasteiger partial charge < -0.3 is 10.1 Å². The molecule has 0 aliphatic carbocycles. The van der Waals surface area contributed by atoms with E-state index in [1.165, 1.54) is 5.56 Å². The molecule has 0 atom stereocenters. The van der Waals surface area contributed by atoms with Crippen LogP contribution in [0.3, 0.4) is 0 Å². The summed E-state index contributed by atoms with van der Waals surface area (Å²) in [6, 6.07) is 17.8. The number of benzene rings is 2. The second kappa shape index (κ2) is 8.79. The third-order valence-electron chi connectivity index (χ3n) is 2.87. The lowest BCUT2D eigenvalue weighted by Crippen LogP contribution is -2.31. The molecule has 0 aliphatic rings. The van der Waals surface area contributed by atoms with Gasteiger partial charge in [-0.1, -0.05) is 30.3 Å². The van der Waals surface area contributed by atoms with Crippen LogP contribution in [0.5, 0.6) is 5.75 Å². The summed E-state index contributed by atoms with van der Waals surface area (Å²) < 4.78 is 5.39. The van der Waals surface area contributed by atoms with Crippen LogP contribution in [-0.4, -0.2) is 17.9 Å². The van der Waals surface area contributed by atoms with Gasteiger partial charge in [-0.2, -0.15) is 5.10 Å². The van der Waals surface area contributed by atoms with Gasteiger partial charge in [-0.3, -0.25) is 5.43 Å². The van der Waals surface area contributed by atoms with E-state index >= 15 is 0 Å². The molecular weight excluding hydrogens is 294 g/mol. The Hall–Kier alpha value is -2.40. The number of hydrazone groups is 1. The number of thiocarbonyl (C=S) groups is 1. The summed E-state index contributed by atoms with van der Waals surface area (Å²) in [4.78, 5) is 0. The van der Waals surface area contributed by atoms with Crippen molar-refractivity contribution in [3.05, 3.63) is 65.7 Å². The lowest BCUT2D eigenvalue weighted by atomic mass is 10.2. The van der Waals surface area contributed by atoms with Crippen LogP contribution in [0.15, 0.2) is 59.7 Å². The molecule has 0 heterocycles. The van der Waals surface area contributed by atoms with Crippen molar-refractivity contribution in [2.24, 2.45) is 5.10 Å². The zero-order valence-electron chi connectivity index (χ0n) is 12.5. The van der Waals surface area contributed by atoms with Gasteiger partial charge in [-0.05, 0) is 54.5 Å². The molecule has 5 heteroatoms. The predicted molar refractivity (Wildman–Crippen MR) is 94.2 cm³/mol. The Kier molecular flexibility index (Phi) is 6.39. The van der Waals surface area contributed by atoms with Gasteiger partial charge in [0, 0.05) is 6.54 Å². The molecule has 0 saturated carbocycles. The highest BCUT2D eigenvalue weighted by Crippen LogP contribution is 2.10. The summed E-state index contributed by atoms with van der Waals surface area (Å²) in [5.41, 5.74) is 4.94. The van der Waals surface area contributed by atoms with E-state index in [-0.39, 0.29) is 0 Å². The molecule has 0 unspecified atom stereocenters. The quantitative estimate of drug-likeness (QED) is 0.489. The summed E-state index contributed by atoms with van der Waals surface area (Å²) in [6.07, 6.45) is 1.71. The normalized spacial score (nSPS) is 10.4. The third kappa shape index (κ3) is 5.54. The Labute approximate surface area is 136 Å².